The van der Waals surface area contributed by atoms with Crippen LogP contribution < -0.4 is 5.32 Å². The molecule has 1 aromatic carbocycles. The van der Waals surface area contributed by atoms with Crippen LogP contribution in [0.5, 0.6) is 0 Å². The summed E-state index contributed by atoms with van der Waals surface area (Å²) in [5, 5.41) is 10.6. The van der Waals surface area contributed by atoms with E-state index >= 15 is 0 Å². The Labute approximate surface area is 85.3 Å². The molecule has 4 nitrogen and oxygen atoms in total. The van der Waals surface area contributed by atoms with Gasteiger partial charge in [0.25, 0.3) is 0 Å². The van der Waals surface area contributed by atoms with Crippen molar-refractivity contribution in [2.24, 2.45) is 0 Å². The zero-order valence-electron chi connectivity index (χ0n) is 7.47. The van der Waals surface area contributed by atoms with Crippen molar-refractivity contribution >= 4 is 34.1 Å². The molecule has 2 N–H and O–H groups in total. The topological polar surface area (TPSA) is 57.8 Å². The summed E-state index contributed by atoms with van der Waals surface area (Å²) in [6.07, 6.45) is 1.63. The summed E-state index contributed by atoms with van der Waals surface area (Å²) < 4.78 is 0. The van der Waals surface area contributed by atoms with Crippen LogP contribution in [0.2, 0.25) is 5.02 Å². The second-order valence-corrected chi connectivity index (χ2v) is 3.32. The molecule has 2 rings (SSSR count). The molecule has 14 heavy (non-hydrogen) atoms. The molecular formula is C9H8ClN3O. The van der Waals surface area contributed by atoms with Crippen LogP contribution in [-0.2, 0) is 4.79 Å². The number of H-pyrrole nitrogens is 1. The molecule has 0 fully saturated rings. The van der Waals surface area contributed by atoms with E-state index in [1.807, 2.05) is 6.07 Å². The number of anilines is 1. The smallest absolute Gasteiger partial charge is 0.221 e. The number of fused-ring (bicyclic) bond motifs is 1. The summed E-state index contributed by atoms with van der Waals surface area (Å²) in [5.41, 5.74) is 1.46. The number of amides is 1. The van der Waals surface area contributed by atoms with Gasteiger partial charge in [-0.25, -0.2) is 0 Å². The Morgan fingerprint density at radius 3 is 3.07 bits per heavy atom. The summed E-state index contributed by atoms with van der Waals surface area (Å²) in [6.45, 7) is 1.44. The molecule has 5 heteroatoms. The molecule has 2 aromatic rings. The summed E-state index contributed by atoms with van der Waals surface area (Å²) >= 11 is 6.05. The number of halogens is 1. The molecule has 1 heterocycles. The lowest BCUT2D eigenvalue weighted by molar-refractivity contribution is -0.114. The Balaban J connectivity index is 2.56. The molecule has 72 valence electrons. The van der Waals surface area contributed by atoms with Crippen LogP contribution >= 0.6 is 11.6 Å². The maximum Gasteiger partial charge on any atom is 0.221 e. The van der Waals surface area contributed by atoms with E-state index in [1.165, 1.54) is 6.92 Å². The SMILES string of the molecule is CC(=O)Nc1ccc2[nH]ncc2c1Cl. The van der Waals surface area contributed by atoms with E-state index in [-0.39, 0.29) is 5.91 Å². The van der Waals surface area contributed by atoms with Crippen molar-refractivity contribution in [2.75, 3.05) is 5.32 Å². The first-order valence-corrected chi connectivity index (χ1v) is 4.45. The number of hydrogen-bond acceptors (Lipinski definition) is 2. The Morgan fingerprint density at radius 1 is 1.57 bits per heavy atom. The fourth-order valence-electron chi connectivity index (χ4n) is 1.27. The van der Waals surface area contributed by atoms with Crippen molar-refractivity contribution in [1.29, 1.82) is 0 Å². The second kappa shape index (κ2) is 3.31. The lowest BCUT2D eigenvalue weighted by Gasteiger charge is -2.04. The van der Waals surface area contributed by atoms with Gasteiger partial charge < -0.3 is 5.32 Å². The minimum absolute atomic E-state index is 0.144. The lowest BCUT2D eigenvalue weighted by Crippen LogP contribution is -2.05. The number of hydrogen-bond donors (Lipinski definition) is 2. The van der Waals surface area contributed by atoms with Gasteiger partial charge in [-0.05, 0) is 12.1 Å². The van der Waals surface area contributed by atoms with Gasteiger partial charge in [-0.1, -0.05) is 11.6 Å². The van der Waals surface area contributed by atoms with Crippen LogP contribution in [0.4, 0.5) is 5.69 Å². The van der Waals surface area contributed by atoms with Crippen molar-refractivity contribution in [3.63, 3.8) is 0 Å². The van der Waals surface area contributed by atoms with E-state index in [2.05, 4.69) is 15.5 Å². The Hall–Kier alpha value is -1.55. The van der Waals surface area contributed by atoms with E-state index in [4.69, 9.17) is 11.6 Å². The molecule has 0 aliphatic carbocycles. The fraction of sp³-hybridized carbons (Fsp3) is 0.111. The quantitative estimate of drug-likeness (QED) is 0.756. The van der Waals surface area contributed by atoms with Crippen molar-refractivity contribution < 1.29 is 4.79 Å². The molecule has 0 saturated carbocycles. The summed E-state index contributed by atoms with van der Waals surface area (Å²) in [7, 11) is 0. The second-order valence-electron chi connectivity index (χ2n) is 2.94. The Bertz CT molecular complexity index is 492. The Kier molecular flexibility index (Phi) is 2.13. The van der Waals surface area contributed by atoms with Crippen molar-refractivity contribution in [3.05, 3.63) is 23.4 Å². The molecule has 0 radical (unpaired) electrons. The maximum absolute atomic E-state index is 10.8. The molecule has 0 aliphatic heterocycles. The molecule has 0 bridgehead atoms. The first kappa shape index (κ1) is 9.02. The predicted octanol–water partition coefficient (Wildman–Crippen LogP) is 2.17. The largest absolute Gasteiger partial charge is 0.325 e. The van der Waals surface area contributed by atoms with Crippen molar-refractivity contribution in [1.82, 2.24) is 10.2 Å². The monoisotopic (exact) mass is 209 g/mol. The number of carbonyl (C=O) groups is 1. The maximum atomic E-state index is 10.8. The van der Waals surface area contributed by atoms with E-state index in [0.29, 0.717) is 10.7 Å². The third kappa shape index (κ3) is 1.44. The molecule has 1 aromatic heterocycles. The van der Waals surface area contributed by atoms with Crippen LogP contribution in [0.25, 0.3) is 10.9 Å². The molecule has 0 aliphatic rings. The van der Waals surface area contributed by atoms with Gasteiger partial charge in [0.05, 0.1) is 22.4 Å². The number of aromatic amines is 1. The number of aromatic nitrogens is 2. The van der Waals surface area contributed by atoms with Crippen LogP contribution in [0, 0.1) is 0 Å². The zero-order chi connectivity index (χ0) is 10.1. The van der Waals surface area contributed by atoms with Gasteiger partial charge in [-0.2, -0.15) is 5.10 Å². The number of benzene rings is 1. The number of nitrogens with one attached hydrogen (secondary N) is 2. The minimum Gasteiger partial charge on any atom is -0.325 e. The highest BCUT2D eigenvalue weighted by molar-refractivity contribution is 6.38. The van der Waals surface area contributed by atoms with Gasteiger partial charge in [-0.15, -0.1) is 0 Å². The summed E-state index contributed by atoms with van der Waals surface area (Å²) in [5.74, 6) is -0.144. The van der Waals surface area contributed by atoms with Crippen molar-refractivity contribution in [3.8, 4) is 0 Å². The highest BCUT2D eigenvalue weighted by Gasteiger charge is 2.07. The van der Waals surface area contributed by atoms with E-state index < -0.39 is 0 Å². The Morgan fingerprint density at radius 2 is 2.36 bits per heavy atom. The zero-order valence-corrected chi connectivity index (χ0v) is 8.22. The molecule has 0 atom stereocenters. The molecule has 0 spiro atoms. The summed E-state index contributed by atoms with van der Waals surface area (Å²) in [4.78, 5) is 10.8. The molecule has 0 saturated heterocycles. The third-order valence-electron chi connectivity index (χ3n) is 1.87. The van der Waals surface area contributed by atoms with Gasteiger partial charge in [0.15, 0.2) is 0 Å². The average Bonchev–Trinajstić information content (AvgIpc) is 2.57. The average molecular weight is 210 g/mol. The van der Waals surface area contributed by atoms with Crippen LogP contribution in [0.1, 0.15) is 6.92 Å². The third-order valence-corrected chi connectivity index (χ3v) is 2.28. The van der Waals surface area contributed by atoms with Gasteiger partial charge in [0.1, 0.15) is 0 Å². The number of carbonyl (C=O) groups excluding carboxylic acids is 1. The van der Waals surface area contributed by atoms with Gasteiger partial charge >= 0.3 is 0 Å². The first-order valence-electron chi connectivity index (χ1n) is 4.07. The van der Waals surface area contributed by atoms with Gasteiger partial charge in [-0.3, -0.25) is 9.89 Å². The van der Waals surface area contributed by atoms with E-state index in [1.54, 1.807) is 12.3 Å². The van der Waals surface area contributed by atoms with Gasteiger partial charge in [0, 0.05) is 12.3 Å². The summed E-state index contributed by atoms with van der Waals surface area (Å²) in [6, 6.07) is 3.56. The van der Waals surface area contributed by atoms with Crippen LogP contribution in [0.3, 0.4) is 0 Å². The van der Waals surface area contributed by atoms with Crippen LogP contribution in [-0.4, -0.2) is 16.1 Å². The van der Waals surface area contributed by atoms with Crippen LogP contribution in [0.15, 0.2) is 18.3 Å². The van der Waals surface area contributed by atoms with E-state index in [0.717, 1.165) is 10.9 Å². The number of rotatable bonds is 1. The highest BCUT2D eigenvalue weighted by atomic mass is 35.5. The van der Waals surface area contributed by atoms with E-state index in [9.17, 15) is 4.79 Å². The van der Waals surface area contributed by atoms with Crippen molar-refractivity contribution in [2.45, 2.75) is 6.92 Å². The predicted molar refractivity (Wildman–Crippen MR) is 55.4 cm³/mol. The molecular weight excluding hydrogens is 202 g/mol. The minimum atomic E-state index is -0.144. The molecule has 0 unspecified atom stereocenters. The first-order chi connectivity index (χ1) is 6.68. The highest BCUT2D eigenvalue weighted by Crippen LogP contribution is 2.29. The fourth-order valence-corrected chi connectivity index (χ4v) is 1.53. The number of nitrogens with zero attached hydrogens (tertiary/aromatic N) is 1. The standard InChI is InChI=1S/C9H8ClN3O/c1-5(14)12-8-3-2-7-6(9(8)10)4-11-13-7/h2-4H,1H3,(H,11,13)(H,12,14). The van der Waals surface area contributed by atoms with Gasteiger partial charge in [0.2, 0.25) is 5.91 Å². The normalized spacial score (nSPS) is 10.4. The lowest BCUT2D eigenvalue weighted by atomic mass is 10.2. The molecule has 1 amide bonds.